The minimum Gasteiger partial charge on any atom is -0.480 e. The Bertz CT molecular complexity index is 1340. The van der Waals surface area contributed by atoms with Gasteiger partial charge in [0.2, 0.25) is 0 Å². The maximum Gasteiger partial charge on any atom is 0.320 e. The number of carboxylic acids is 1. The summed E-state index contributed by atoms with van der Waals surface area (Å²) in [7, 11) is 2.04. The first-order valence-corrected chi connectivity index (χ1v) is 12.9. The zero-order valence-corrected chi connectivity index (χ0v) is 21.4. The second-order valence-corrected chi connectivity index (χ2v) is 10.9. The van der Waals surface area contributed by atoms with Crippen molar-refractivity contribution in [1.29, 1.82) is 0 Å². The molecule has 10 nitrogen and oxygen atoms in total. The average Bonchev–Trinajstić information content (AvgIpc) is 3.54. The van der Waals surface area contributed by atoms with Crippen LogP contribution < -0.4 is 10.6 Å². The Morgan fingerprint density at radius 3 is 2.64 bits per heavy atom. The lowest BCUT2D eigenvalue weighted by Gasteiger charge is -2.20. The number of halogens is 1. The van der Waals surface area contributed by atoms with E-state index in [0.29, 0.717) is 22.3 Å². The first-order valence-electron chi connectivity index (χ1n) is 11.7. The molecule has 0 spiro atoms. The largest absolute Gasteiger partial charge is 0.480 e. The predicted octanol–water partition coefficient (Wildman–Crippen LogP) is 1.95. The summed E-state index contributed by atoms with van der Waals surface area (Å²) in [4.78, 5) is 50.5. The number of fused-ring (bicyclic) bond motifs is 2. The SMILES string of the molecule is CC(C(=O)O)N1C[C@@H](NC(=O)c2cc3cc(Cl)ccc3[nH]2)[C@H](NC(=O)c2nc3c(s2)CN(C)CC3)C1. The lowest BCUT2D eigenvalue weighted by atomic mass is 10.1. The number of nitrogens with zero attached hydrogens (tertiary/aromatic N) is 3. The third-order valence-corrected chi connectivity index (χ3v) is 8.15. The zero-order chi connectivity index (χ0) is 25.6. The molecule has 0 saturated carbocycles. The number of likely N-dealkylation sites (N-methyl/N-ethyl adjacent to an activating group) is 1. The highest BCUT2D eigenvalue weighted by molar-refractivity contribution is 7.13. The summed E-state index contributed by atoms with van der Waals surface area (Å²) >= 11 is 7.44. The molecule has 1 aromatic carbocycles. The summed E-state index contributed by atoms with van der Waals surface area (Å²) in [5, 5.41) is 17.3. The van der Waals surface area contributed by atoms with Crippen LogP contribution in [0.25, 0.3) is 10.9 Å². The van der Waals surface area contributed by atoms with E-state index >= 15 is 0 Å². The van der Waals surface area contributed by atoms with Gasteiger partial charge >= 0.3 is 5.97 Å². The van der Waals surface area contributed by atoms with Crippen molar-refractivity contribution < 1.29 is 19.5 Å². The highest BCUT2D eigenvalue weighted by Crippen LogP contribution is 2.25. The molecule has 190 valence electrons. The van der Waals surface area contributed by atoms with E-state index in [1.54, 1.807) is 36.1 Å². The first kappa shape index (κ1) is 24.7. The van der Waals surface area contributed by atoms with Crippen LogP contribution in [0.3, 0.4) is 0 Å². The maximum atomic E-state index is 13.1. The number of amides is 2. The second kappa shape index (κ2) is 9.81. The Morgan fingerprint density at radius 1 is 1.19 bits per heavy atom. The Labute approximate surface area is 216 Å². The predicted molar refractivity (Wildman–Crippen MR) is 137 cm³/mol. The van der Waals surface area contributed by atoms with Crippen LogP contribution in [-0.4, -0.2) is 87.5 Å². The van der Waals surface area contributed by atoms with Gasteiger partial charge in [0.25, 0.3) is 11.8 Å². The summed E-state index contributed by atoms with van der Waals surface area (Å²) in [5.41, 5.74) is 2.10. The molecular weight excluding hydrogens is 504 g/mol. The van der Waals surface area contributed by atoms with E-state index in [1.165, 1.54) is 11.3 Å². The molecule has 1 fully saturated rings. The molecule has 2 amide bonds. The van der Waals surface area contributed by atoms with Crippen molar-refractivity contribution in [2.45, 2.75) is 38.0 Å². The van der Waals surface area contributed by atoms with Gasteiger partial charge in [-0.3, -0.25) is 19.3 Å². The fourth-order valence-electron chi connectivity index (χ4n) is 4.72. The van der Waals surface area contributed by atoms with Crippen molar-refractivity contribution in [2.24, 2.45) is 0 Å². The fraction of sp³-hybridized carbons (Fsp3) is 0.417. The summed E-state index contributed by atoms with van der Waals surface area (Å²) in [5.74, 6) is -1.62. The van der Waals surface area contributed by atoms with E-state index < -0.39 is 24.1 Å². The molecule has 3 aromatic rings. The van der Waals surface area contributed by atoms with Crippen LogP contribution in [0.5, 0.6) is 0 Å². The molecule has 12 heteroatoms. The van der Waals surface area contributed by atoms with E-state index in [9.17, 15) is 19.5 Å². The Balaban J connectivity index is 1.33. The number of aliphatic carboxylic acids is 1. The molecule has 2 aliphatic heterocycles. The third kappa shape index (κ3) is 4.96. The highest BCUT2D eigenvalue weighted by atomic mass is 35.5. The summed E-state index contributed by atoms with van der Waals surface area (Å²) < 4.78 is 0. The van der Waals surface area contributed by atoms with Crippen LogP contribution in [0, 0.1) is 0 Å². The number of benzene rings is 1. The monoisotopic (exact) mass is 530 g/mol. The normalized spacial score (nSPS) is 21.3. The van der Waals surface area contributed by atoms with Crippen molar-refractivity contribution in [3.63, 3.8) is 0 Å². The quantitative estimate of drug-likeness (QED) is 0.383. The minimum atomic E-state index is -0.962. The van der Waals surface area contributed by atoms with Crippen LogP contribution in [0.15, 0.2) is 24.3 Å². The molecule has 4 heterocycles. The number of hydrogen-bond donors (Lipinski definition) is 4. The molecule has 2 aromatic heterocycles. The Kier molecular flexibility index (Phi) is 6.73. The van der Waals surface area contributed by atoms with Crippen molar-refractivity contribution in [2.75, 3.05) is 26.7 Å². The lowest BCUT2D eigenvalue weighted by Crippen LogP contribution is -2.51. The molecule has 1 unspecified atom stereocenters. The fourth-order valence-corrected chi connectivity index (χ4v) is 5.99. The van der Waals surface area contributed by atoms with Gasteiger partial charge in [0.1, 0.15) is 11.7 Å². The molecule has 5 rings (SSSR count). The van der Waals surface area contributed by atoms with Gasteiger partial charge in [0.05, 0.1) is 17.8 Å². The first-order chi connectivity index (χ1) is 17.2. The molecule has 0 radical (unpaired) electrons. The topological polar surface area (TPSA) is 131 Å². The van der Waals surface area contributed by atoms with Crippen molar-refractivity contribution in [1.82, 2.24) is 30.4 Å². The number of carbonyl (C=O) groups excluding carboxylic acids is 2. The summed E-state index contributed by atoms with van der Waals surface area (Å²) in [6.45, 7) is 3.84. The van der Waals surface area contributed by atoms with E-state index in [2.05, 4.69) is 25.5 Å². The van der Waals surface area contributed by atoms with Crippen LogP contribution in [0.4, 0.5) is 0 Å². The van der Waals surface area contributed by atoms with Crippen molar-refractivity contribution in [3.05, 3.63) is 50.6 Å². The van der Waals surface area contributed by atoms with Gasteiger partial charge in [-0.25, -0.2) is 4.98 Å². The van der Waals surface area contributed by atoms with E-state index in [1.807, 2.05) is 7.05 Å². The molecule has 0 aliphatic carbocycles. The van der Waals surface area contributed by atoms with Crippen LogP contribution in [-0.2, 0) is 17.8 Å². The van der Waals surface area contributed by atoms with Gasteiger partial charge in [-0.2, -0.15) is 0 Å². The number of aromatic nitrogens is 2. The lowest BCUT2D eigenvalue weighted by molar-refractivity contribution is -0.142. The zero-order valence-electron chi connectivity index (χ0n) is 19.9. The van der Waals surface area contributed by atoms with Crippen LogP contribution in [0.2, 0.25) is 5.02 Å². The number of hydrogen-bond acceptors (Lipinski definition) is 7. The Hall–Kier alpha value is -2.99. The number of aromatic amines is 1. The number of thiazole rings is 1. The molecular formula is C24H27ClN6O4S. The van der Waals surface area contributed by atoms with Crippen LogP contribution >= 0.6 is 22.9 Å². The Morgan fingerprint density at radius 2 is 1.92 bits per heavy atom. The molecule has 3 atom stereocenters. The van der Waals surface area contributed by atoms with Gasteiger partial charge < -0.3 is 25.6 Å². The molecule has 2 aliphatic rings. The van der Waals surface area contributed by atoms with Crippen molar-refractivity contribution in [3.8, 4) is 0 Å². The van der Waals surface area contributed by atoms with Gasteiger partial charge in [-0.05, 0) is 38.2 Å². The number of carboxylic acid groups (broad SMARTS) is 1. The highest BCUT2D eigenvalue weighted by Gasteiger charge is 2.39. The smallest absolute Gasteiger partial charge is 0.320 e. The minimum absolute atomic E-state index is 0.287. The molecule has 0 bridgehead atoms. The molecule has 4 N–H and O–H groups in total. The number of H-pyrrole nitrogens is 1. The van der Waals surface area contributed by atoms with Gasteiger partial charge in [-0.1, -0.05) is 11.6 Å². The van der Waals surface area contributed by atoms with Gasteiger partial charge in [-0.15, -0.1) is 11.3 Å². The number of carbonyl (C=O) groups is 3. The van der Waals surface area contributed by atoms with E-state index in [4.69, 9.17) is 11.6 Å². The van der Waals surface area contributed by atoms with E-state index in [-0.39, 0.29) is 18.4 Å². The molecule has 1 saturated heterocycles. The standard InChI is InChI=1S/C24H27ClN6O4S/c1-12(24(34)35)31-9-18(27-21(32)17-8-13-7-14(25)3-4-15(13)26-17)19(10-31)28-22(33)23-29-16-5-6-30(2)11-20(16)36-23/h3-4,7-8,12,18-19,26H,5-6,9-11H2,1-2H3,(H,27,32)(H,28,33)(H,34,35)/t12?,18-,19-/m1/s1. The van der Waals surface area contributed by atoms with Crippen LogP contribution in [0.1, 0.15) is 37.8 Å². The third-order valence-electron chi connectivity index (χ3n) is 6.83. The van der Waals surface area contributed by atoms with Gasteiger partial charge in [0.15, 0.2) is 5.01 Å². The maximum absolute atomic E-state index is 13.1. The molecule has 36 heavy (non-hydrogen) atoms. The average molecular weight is 531 g/mol. The van der Waals surface area contributed by atoms with Gasteiger partial charge in [0, 0.05) is 53.4 Å². The van der Waals surface area contributed by atoms with E-state index in [0.717, 1.165) is 41.0 Å². The summed E-state index contributed by atoms with van der Waals surface area (Å²) in [6, 6.07) is 5.30. The van der Waals surface area contributed by atoms with Crippen molar-refractivity contribution >= 4 is 51.6 Å². The second-order valence-electron chi connectivity index (χ2n) is 9.42. The number of rotatable bonds is 6. The number of nitrogens with one attached hydrogen (secondary N) is 3. The summed E-state index contributed by atoms with van der Waals surface area (Å²) in [6.07, 6.45) is 0.803. The number of likely N-dealkylation sites (tertiary alicyclic amines) is 1.